The van der Waals surface area contributed by atoms with Crippen molar-refractivity contribution in [1.29, 1.82) is 0 Å². The van der Waals surface area contributed by atoms with E-state index in [1.807, 2.05) is 6.92 Å². The smallest absolute Gasteiger partial charge is 0.292 e. The first-order valence-electron chi connectivity index (χ1n) is 5.54. The van der Waals surface area contributed by atoms with Crippen LogP contribution in [-0.4, -0.2) is 30.5 Å². The van der Waals surface area contributed by atoms with Gasteiger partial charge in [-0.05, 0) is 19.1 Å². The molecule has 98 valence electrons. The maximum absolute atomic E-state index is 11.1. The van der Waals surface area contributed by atoms with Crippen LogP contribution in [0.15, 0.2) is 18.2 Å². The maximum atomic E-state index is 11.1. The molecule has 7 heteroatoms. The highest BCUT2D eigenvalue weighted by Crippen LogP contribution is 2.28. The minimum atomic E-state index is -0.616. The number of nitrogens with zero attached hydrogens (tertiary/aromatic N) is 2. The summed E-state index contributed by atoms with van der Waals surface area (Å²) < 4.78 is 0. The van der Waals surface area contributed by atoms with Crippen molar-refractivity contribution in [3.05, 3.63) is 33.9 Å². The van der Waals surface area contributed by atoms with Crippen LogP contribution in [0, 0.1) is 10.1 Å². The highest BCUT2D eigenvalue weighted by molar-refractivity contribution is 5.94. The molecule has 1 aromatic carbocycles. The molecule has 0 unspecified atom stereocenters. The van der Waals surface area contributed by atoms with Gasteiger partial charge in [0.2, 0.25) is 5.91 Å². The lowest BCUT2D eigenvalue weighted by atomic mass is 10.1. The van der Waals surface area contributed by atoms with E-state index in [1.165, 1.54) is 18.2 Å². The molecular formula is C11H16N4O3. The molecule has 0 radical (unpaired) electrons. The fourth-order valence-electron chi connectivity index (χ4n) is 1.69. The van der Waals surface area contributed by atoms with Crippen LogP contribution in [0.25, 0.3) is 0 Å². The summed E-state index contributed by atoms with van der Waals surface area (Å²) >= 11 is 0. The summed E-state index contributed by atoms with van der Waals surface area (Å²) in [6.07, 6.45) is 0. The molecule has 0 spiro atoms. The molecule has 0 aliphatic heterocycles. The second kappa shape index (κ2) is 5.97. The fraction of sp³-hybridized carbons (Fsp3) is 0.364. The van der Waals surface area contributed by atoms with Gasteiger partial charge in [-0.15, -0.1) is 0 Å². The van der Waals surface area contributed by atoms with Crippen LogP contribution in [0.1, 0.15) is 17.3 Å². The van der Waals surface area contributed by atoms with Gasteiger partial charge >= 0.3 is 0 Å². The van der Waals surface area contributed by atoms with E-state index in [4.69, 9.17) is 11.5 Å². The predicted octanol–water partition coefficient (Wildman–Crippen LogP) is 0.479. The van der Waals surface area contributed by atoms with Crippen LogP contribution in [0.4, 0.5) is 11.4 Å². The second-order valence-corrected chi connectivity index (χ2v) is 3.69. The van der Waals surface area contributed by atoms with Crippen LogP contribution in [-0.2, 0) is 0 Å². The van der Waals surface area contributed by atoms with Crippen LogP contribution >= 0.6 is 0 Å². The van der Waals surface area contributed by atoms with Gasteiger partial charge in [0.15, 0.2) is 0 Å². The lowest BCUT2D eigenvalue weighted by molar-refractivity contribution is -0.384. The number of carbonyl (C=O) groups is 1. The Labute approximate surface area is 105 Å². The van der Waals surface area contributed by atoms with E-state index < -0.39 is 10.8 Å². The summed E-state index contributed by atoms with van der Waals surface area (Å²) in [5.41, 5.74) is 11.2. The number of likely N-dealkylation sites (N-methyl/N-ethyl adjacent to an activating group) is 1. The van der Waals surface area contributed by atoms with Crippen molar-refractivity contribution in [2.24, 2.45) is 11.5 Å². The topological polar surface area (TPSA) is 115 Å². The predicted molar refractivity (Wildman–Crippen MR) is 68.6 cm³/mol. The Hall–Kier alpha value is -2.15. The number of benzene rings is 1. The average Bonchev–Trinajstić information content (AvgIpc) is 2.35. The van der Waals surface area contributed by atoms with E-state index in [2.05, 4.69) is 0 Å². The minimum absolute atomic E-state index is 0.0599. The Morgan fingerprint density at radius 1 is 1.50 bits per heavy atom. The Balaban J connectivity index is 3.29. The number of primary amides is 1. The Bertz CT molecular complexity index is 462. The summed E-state index contributed by atoms with van der Waals surface area (Å²) in [4.78, 5) is 23.3. The monoisotopic (exact) mass is 252 g/mol. The standard InChI is InChI=1S/C11H16N4O3/c1-2-14(6-5-12)10-7-8(11(13)16)3-4-9(10)15(17)18/h3-4,7H,2,5-6,12H2,1H3,(H2,13,16). The first kappa shape index (κ1) is 13.9. The summed E-state index contributed by atoms with van der Waals surface area (Å²) in [7, 11) is 0. The van der Waals surface area contributed by atoms with E-state index in [0.29, 0.717) is 25.3 Å². The Morgan fingerprint density at radius 2 is 2.17 bits per heavy atom. The molecule has 0 atom stereocenters. The van der Waals surface area contributed by atoms with Gasteiger partial charge in [-0.3, -0.25) is 14.9 Å². The molecule has 1 aromatic rings. The molecule has 0 fully saturated rings. The van der Waals surface area contributed by atoms with Gasteiger partial charge in [-0.25, -0.2) is 0 Å². The molecule has 0 bridgehead atoms. The molecule has 0 saturated carbocycles. The van der Waals surface area contributed by atoms with Crippen molar-refractivity contribution in [2.75, 3.05) is 24.5 Å². The van der Waals surface area contributed by atoms with Gasteiger partial charge in [0.05, 0.1) is 4.92 Å². The van der Waals surface area contributed by atoms with E-state index in [-0.39, 0.29) is 11.3 Å². The molecule has 7 nitrogen and oxygen atoms in total. The van der Waals surface area contributed by atoms with Crippen LogP contribution in [0.5, 0.6) is 0 Å². The second-order valence-electron chi connectivity index (χ2n) is 3.69. The summed E-state index contributed by atoms with van der Waals surface area (Å²) in [5, 5.41) is 11.0. The van der Waals surface area contributed by atoms with Gasteiger partial charge in [0, 0.05) is 31.3 Å². The normalized spacial score (nSPS) is 10.1. The van der Waals surface area contributed by atoms with Crippen molar-refractivity contribution in [3.8, 4) is 0 Å². The maximum Gasteiger partial charge on any atom is 0.292 e. The van der Waals surface area contributed by atoms with E-state index in [9.17, 15) is 14.9 Å². The minimum Gasteiger partial charge on any atom is -0.366 e. The fourth-order valence-corrected chi connectivity index (χ4v) is 1.69. The zero-order valence-corrected chi connectivity index (χ0v) is 10.1. The highest BCUT2D eigenvalue weighted by Gasteiger charge is 2.19. The van der Waals surface area contributed by atoms with Crippen LogP contribution in [0.3, 0.4) is 0 Å². The number of amides is 1. The third-order valence-corrected chi connectivity index (χ3v) is 2.58. The molecule has 4 N–H and O–H groups in total. The highest BCUT2D eigenvalue weighted by atomic mass is 16.6. The molecule has 0 aliphatic rings. The number of nitro groups is 1. The number of rotatable bonds is 6. The first-order chi connectivity index (χ1) is 8.51. The van der Waals surface area contributed by atoms with Gasteiger partial charge in [-0.1, -0.05) is 0 Å². The number of nitro benzene ring substituents is 1. The third-order valence-electron chi connectivity index (χ3n) is 2.58. The number of nitrogens with two attached hydrogens (primary N) is 2. The zero-order valence-electron chi connectivity index (χ0n) is 10.1. The van der Waals surface area contributed by atoms with Crippen molar-refractivity contribution in [1.82, 2.24) is 0 Å². The molecule has 1 rings (SSSR count). The Kier molecular flexibility index (Phi) is 4.61. The molecule has 0 heterocycles. The lowest BCUT2D eigenvalue weighted by Gasteiger charge is -2.22. The Morgan fingerprint density at radius 3 is 2.61 bits per heavy atom. The van der Waals surface area contributed by atoms with E-state index in [0.717, 1.165) is 0 Å². The lowest BCUT2D eigenvalue weighted by Crippen LogP contribution is -2.30. The van der Waals surface area contributed by atoms with Gasteiger partial charge in [0.1, 0.15) is 5.69 Å². The van der Waals surface area contributed by atoms with Crippen molar-refractivity contribution >= 4 is 17.3 Å². The van der Waals surface area contributed by atoms with Crippen molar-refractivity contribution in [2.45, 2.75) is 6.92 Å². The summed E-state index contributed by atoms with van der Waals surface area (Å²) in [6.45, 7) is 3.25. The summed E-state index contributed by atoms with van der Waals surface area (Å²) in [5.74, 6) is -0.616. The van der Waals surface area contributed by atoms with Crippen LogP contribution in [0.2, 0.25) is 0 Å². The van der Waals surface area contributed by atoms with E-state index >= 15 is 0 Å². The van der Waals surface area contributed by atoms with Crippen molar-refractivity contribution in [3.63, 3.8) is 0 Å². The molecule has 0 aromatic heterocycles. The average molecular weight is 252 g/mol. The quantitative estimate of drug-likeness (QED) is 0.564. The largest absolute Gasteiger partial charge is 0.366 e. The molecule has 0 saturated heterocycles. The molecule has 18 heavy (non-hydrogen) atoms. The number of hydrogen-bond acceptors (Lipinski definition) is 5. The van der Waals surface area contributed by atoms with E-state index in [1.54, 1.807) is 4.90 Å². The third kappa shape index (κ3) is 2.95. The summed E-state index contributed by atoms with van der Waals surface area (Å²) in [6, 6.07) is 4.06. The number of carbonyl (C=O) groups excluding carboxylic acids is 1. The van der Waals surface area contributed by atoms with Gasteiger partial charge in [-0.2, -0.15) is 0 Å². The van der Waals surface area contributed by atoms with Crippen molar-refractivity contribution < 1.29 is 9.72 Å². The van der Waals surface area contributed by atoms with Gasteiger partial charge in [0.25, 0.3) is 5.69 Å². The first-order valence-corrected chi connectivity index (χ1v) is 5.54. The number of anilines is 1. The zero-order chi connectivity index (χ0) is 13.7. The molecular weight excluding hydrogens is 236 g/mol. The molecule has 1 amide bonds. The van der Waals surface area contributed by atoms with Crippen LogP contribution < -0.4 is 16.4 Å². The number of hydrogen-bond donors (Lipinski definition) is 2. The SMILES string of the molecule is CCN(CCN)c1cc(C(N)=O)ccc1[N+](=O)[O-]. The van der Waals surface area contributed by atoms with Gasteiger partial charge < -0.3 is 16.4 Å². The molecule has 0 aliphatic carbocycles.